The summed E-state index contributed by atoms with van der Waals surface area (Å²) in [4.78, 5) is 0. The van der Waals surface area contributed by atoms with Crippen molar-refractivity contribution in [2.24, 2.45) is 0 Å². The molecule has 7 heteroatoms. The summed E-state index contributed by atoms with van der Waals surface area (Å²) in [7, 11) is 2.44. The third-order valence-electron chi connectivity index (χ3n) is 8.29. The highest BCUT2D eigenvalue weighted by Crippen LogP contribution is 2.48. The number of benzene rings is 4. The van der Waals surface area contributed by atoms with E-state index in [9.17, 15) is 0 Å². The minimum Gasteiger partial charge on any atom is -0.497 e. The molecule has 4 rings (SSSR count). The molecule has 0 N–H and O–H groups in total. The Kier molecular flexibility index (Phi) is 14.0. The van der Waals surface area contributed by atoms with Crippen LogP contribution in [0.15, 0.2) is 84.9 Å². The van der Waals surface area contributed by atoms with Gasteiger partial charge in [0.05, 0.1) is 27.4 Å². The van der Waals surface area contributed by atoms with Gasteiger partial charge in [-0.3, -0.25) is 0 Å². The molecule has 0 aliphatic carbocycles. The first-order chi connectivity index (χ1) is 23.5. The van der Waals surface area contributed by atoms with Crippen LogP contribution >= 0.6 is 7.92 Å². The monoisotopic (exact) mass is 686 g/mol. The number of rotatable bonds is 17. The SMILES string of the molecule is CCCCP(c1cc(OC)cc(C(C)(C)C)c1OCOCc1ccccc1)c1cc(OC)cc(C(C)(C)C)c1OCOCc1ccccc1. The summed E-state index contributed by atoms with van der Waals surface area (Å²) in [5.41, 5.74) is 3.90. The van der Waals surface area contributed by atoms with E-state index >= 15 is 0 Å². The summed E-state index contributed by atoms with van der Waals surface area (Å²) < 4.78 is 37.4. The predicted octanol–water partition coefficient (Wildman–Crippen LogP) is 9.64. The Morgan fingerprint density at radius 1 is 0.571 bits per heavy atom. The molecule has 0 unspecified atom stereocenters. The standard InChI is InChI=1S/C42H55O6P/c1-10-11-22-49(37-25-33(43-8)23-35(41(2,3)4)39(37)47-29-45-27-31-18-14-12-15-19-31)38-26-34(44-9)24-36(42(5,6)7)40(38)48-30-46-28-32-20-16-13-17-21-32/h12-21,23-26H,10-11,22,27-30H2,1-9H3. The van der Waals surface area contributed by atoms with Crippen molar-refractivity contribution in [3.05, 3.63) is 107 Å². The number of hydrogen-bond acceptors (Lipinski definition) is 6. The fourth-order valence-corrected chi connectivity index (χ4v) is 8.39. The Hall–Kier alpha value is -3.57. The maximum absolute atomic E-state index is 6.68. The summed E-state index contributed by atoms with van der Waals surface area (Å²) in [6.45, 7) is 16.7. The minimum absolute atomic E-state index is 0.121. The van der Waals surface area contributed by atoms with E-state index in [0.717, 1.165) is 74.9 Å². The van der Waals surface area contributed by atoms with Crippen LogP contribution in [0.5, 0.6) is 23.0 Å². The van der Waals surface area contributed by atoms with Crippen molar-refractivity contribution in [1.29, 1.82) is 0 Å². The molecule has 0 aliphatic heterocycles. The molecule has 0 saturated heterocycles. The quantitative estimate of drug-likeness (QED) is 0.0627. The van der Waals surface area contributed by atoms with Gasteiger partial charge in [0.15, 0.2) is 13.6 Å². The average molecular weight is 687 g/mol. The van der Waals surface area contributed by atoms with Crippen molar-refractivity contribution < 1.29 is 28.4 Å². The van der Waals surface area contributed by atoms with Crippen LogP contribution in [0, 0.1) is 0 Å². The van der Waals surface area contributed by atoms with Gasteiger partial charge in [-0.05, 0) is 66.7 Å². The molecule has 0 bridgehead atoms. The Morgan fingerprint density at radius 3 is 1.33 bits per heavy atom. The minimum atomic E-state index is -1.02. The van der Waals surface area contributed by atoms with Crippen molar-refractivity contribution in [3.8, 4) is 23.0 Å². The van der Waals surface area contributed by atoms with E-state index < -0.39 is 7.92 Å². The van der Waals surface area contributed by atoms with Gasteiger partial charge in [0, 0.05) is 21.7 Å². The second-order valence-corrected chi connectivity index (χ2v) is 16.5. The van der Waals surface area contributed by atoms with Crippen LogP contribution in [0.3, 0.4) is 0 Å². The molecule has 4 aromatic carbocycles. The van der Waals surface area contributed by atoms with Crippen LogP contribution < -0.4 is 29.6 Å². The molecule has 0 aromatic heterocycles. The highest BCUT2D eigenvalue weighted by atomic mass is 31.1. The normalized spacial score (nSPS) is 11.9. The maximum Gasteiger partial charge on any atom is 0.189 e. The van der Waals surface area contributed by atoms with Gasteiger partial charge >= 0.3 is 0 Å². The smallest absolute Gasteiger partial charge is 0.189 e. The molecule has 6 nitrogen and oxygen atoms in total. The predicted molar refractivity (Wildman–Crippen MR) is 203 cm³/mol. The fraction of sp³-hybridized carbons (Fsp3) is 0.429. The first kappa shape index (κ1) is 38.2. The summed E-state index contributed by atoms with van der Waals surface area (Å²) in [5, 5.41) is 2.19. The number of hydrogen-bond donors (Lipinski definition) is 0. The van der Waals surface area contributed by atoms with Gasteiger partial charge in [0.2, 0.25) is 0 Å². The van der Waals surface area contributed by atoms with Crippen LogP contribution in [0.25, 0.3) is 0 Å². The van der Waals surface area contributed by atoms with Gasteiger partial charge < -0.3 is 28.4 Å². The third-order valence-corrected chi connectivity index (χ3v) is 10.9. The van der Waals surface area contributed by atoms with Gasteiger partial charge in [-0.1, -0.05) is 116 Å². The van der Waals surface area contributed by atoms with Crippen molar-refractivity contribution in [2.45, 2.75) is 85.4 Å². The first-order valence-electron chi connectivity index (χ1n) is 17.2. The van der Waals surface area contributed by atoms with E-state index in [1.54, 1.807) is 14.2 Å². The molecule has 0 amide bonds. The van der Waals surface area contributed by atoms with Crippen molar-refractivity contribution in [1.82, 2.24) is 0 Å². The lowest BCUT2D eigenvalue weighted by molar-refractivity contribution is 0.00470. The largest absolute Gasteiger partial charge is 0.497 e. The van der Waals surface area contributed by atoms with E-state index in [2.05, 4.69) is 97.0 Å². The number of unbranched alkanes of at least 4 members (excludes halogenated alkanes) is 1. The Bertz CT molecular complexity index is 1470. The molecule has 0 heterocycles. The van der Waals surface area contributed by atoms with E-state index in [-0.39, 0.29) is 24.4 Å². The molecule has 49 heavy (non-hydrogen) atoms. The fourth-order valence-electron chi connectivity index (χ4n) is 5.59. The van der Waals surface area contributed by atoms with E-state index in [1.165, 1.54) is 0 Å². The van der Waals surface area contributed by atoms with E-state index in [4.69, 9.17) is 28.4 Å². The number of methoxy groups -OCH3 is 2. The highest BCUT2D eigenvalue weighted by Gasteiger charge is 2.32. The zero-order chi connectivity index (χ0) is 35.4. The van der Waals surface area contributed by atoms with Crippen LogP contribution in [-0.2, 0) is 33.5 Å². The Balaban J connectivity index is 1.83. The Labute approximate surface area is 295 Å². The molecular formula is C42H55O6P. The summed E-state index contributed by atoms with van der Waals surface area (Å²) >= 11 is 0. The molecule has 0 radical (unpaired) electrons. The number of ether oxygens (including phenoxy) is 6. The lowest BCUT2D eigenvalue weighted by atomic mass is 9.86. The lowest BCUT2D eigenvalue weighted by Crippen LogP contribution is -2.26. The Morgan fingerprint density at radius 2 is 0.980 bits per heavy atom. The van der Waals surface area contributed by atoms with Crippen molar-refractivity contribution >= 4 is 18.5 Å². The highest BCUT2D eigenvalue weighted by molar-refractivity contribution is 7.73. The molecule has 0 aliphatic rings. The van der Waals surface area contributed by atoms with Crippen molar-refractivity contribution in [2.75, 3.05) is 34.0 Å². The molecular weight excluding hydrogens is 631 g/mol. The van der Waals surface area contributed by atoms with Crippen LogP contribution in [0.4, 0.5) is 0 Å². The van der Waals surface area contributed by atoms with Gasteiger partial charge in [-0.15, -0.1) is 0 Å². The molecule has 0 saturated carbocycles. The summed E-state index contributed by atoms with van der Waals surface area (Å²) in [6, 6.07) is 28.8. The third kappa shape index (κ3) is 10.7. The first-order valence-corrected chi connectivity index (χ1v) is 18.7. The van der Waals surface area contributed by atoms with Crippen LogP contribution in [-0.4, -0.2) is 34.0 Å². The van der Waals surface area contributed by atoms with E-state index in [0.29, 0.717) is 13.2 Å². The molecule has 264 valence electrons. The zero-order valence-corrected chi connectivity index (χ0v) is 31.8. The molecule has 0 atom stereocenters. The maximum atomic E-state index is 6.68. The van der Waals surface area contributed by atoms with Gasteiger partial charge in [0.25, 0.3) is 0 Å². The topological polar surface area (TPSA) is 55.4 Å². The van der Waals surface area contributed by atoms with Crippen molar-refractivity contribution in [3.63, 3.8) is 0 Å². The van der Waals surface area contributed by atoms with Crippen LogP contribution in [0.2, 0.25) is 0 Å². The van der Waals surface area contributed by atoms with Gasteiger partial charge in [0.1, 0.15) is 23.0 Å². The molecule has 0 spiro atoms. The zero-order valence-electron chi connectivity index (χ0n) is 30.9. The lowest BCUT2D eigenvalue weighted by Gasteiger charge is -2.32. The second-order valence-electron chi connectivity index (χ2n) is 14.2. The van der Waals surface area contributed by atoms with E-state index in [1.807, 2.05) is 36.4 Å². The molecule has 4 aromatic rings. The molecule has 0 fully saturated rings. The second kappa shape index (κ2) is 17.9. The van der Waals surface area contributed by atoms with Crippen LogP contribution in [0.1, 0.15) is 83.6 Å². The average Bonchev–Trinajstić information content (AvgIpc) is 3.09. The van der Waals surface area contributed by atoms with Gasteiger partial charge in [-0.2, -0.15) is 0 Å². The summed E-state index contributed by atoms with van der Waals surface area (Å²) in [6.07, 6.45) is 3.02. The summed E-state index contributed by atoms with van der Waals surface area (Å²) in [5.74, 6) is 3.29. The van der Waals surface area contributed by atoms with Gasteiger partial charge in [-0.25, -0.2) is 0 Å².